The third-order valence-electron chi connectivity index (χ3n) is 6.12. The van der Waals surface area contributed by atoms with E-state index in [-0.39, 0.29) is 0 Å². The topological polar surface area (TPSA) is 89.6 Å². The lowest BCUT2D eigenvalue weighted by molar-refractivity contribution is 0.763. The number of nitrogens with one attached hydrogen (secondary N) is 1. The summed E-state index contributed by atoms with van der Waals surface area (Å²) in [5.74, 6) is 1.49. The number of rotatable bonds is 7. The van der Waals surface area contributed by atoms with Crippen molar-refractivity contribution in [2.75, 3.05) is 23.3 Å². The monoisotopic (exact) mass is 529 g/mol. The quantitative estimate of drug-likeness (QED) is 0.333. The number of nitrogens with zero attached hydrogens (tertiary/aromatic N) is 8. The van der Waals surface area contributed by atoms with E-state index >= 15 is 0 Å². The molecule has 3 aromatic heterocycles. The summed E-state index contributed by atoms with van der Waals surface area (Å²) in [7, 11) is 0. The molecule has 1 fully saturated rings. The molecule has 0 aliphatic carbocycles. The van der Waals surface area contributed by atoms with Gasteiger partial charge in [0.2, 0.25) is 5.95 Å². The molecule has 0 saturated carbocycles. The van der Waals surface area contributed by atoms with E-state index in [9.17, 15) is 0 Å². The molecule has 0 amide bonds. The second-order valence-corrected chi connectivity index (χ2v) is 9.41. The van der Waals surface area contributed by atoms with Crippen LogP contribution in [0.25, 0.3) is 16.9 Å². The van der Waals surface area contributed by atoms with Gasteiger partial charge in [0.05, 0.1) is 24.8 Å². The average Bonchev–Trinajstić information content (AvgIpc) is 3.66. The molecule has 0 bridgehead atoms. The molecule has 0 unspecified atom stereocenters. The molecule has 0 atom stereocenters. The molecule has 4 heterocycles. The molecule has 1 N–H and O–H groups in total. The van der Waals surface area contributed by atoms with Crippen LogP contribution in [-0.4, -0.2) is 47.6 Å². The zero-order valence-corrected chi connectivity index (χ0v) is 20.6. The first kappa shape index (κ1) is 21.7. The second-order valence-electron chi connectivity index (χ2n) is 8.56. The predicted molar refractivity (Wildman–Crippen MR) is 139 cm³/mol. The Kier molecular flexibility index (Phi) is 5.87. The van der Waals surface area contributed by atoms with Crippen molar-refractivity contribution in [3.05, 3.63) is 82.9 Å². The smallest absolute Gasteiger partial charge is 0.229 e. The summed E-state index contributed by atoms with van der Waals surface area (Å²) in [6.07, 6.45) is 6.05. The van der Waals surface area contributed by atoms with Gasteiger partial charge in [-0.25, -0.2) is 9.67 Å². The maximum Gasteiger partial charge on any atom is 0.229 e. The van der Waals surface area contributed by atoms with E-state index in [1.165, 1.54) is 5.56 Å². The molecule has 35 heavy (non-hydrogen) atoms. The zero-order chi connectivity index (χ0) is 23.6. The maximum atomic E-state index is 4.92. The molecule has 9 nitrogen and oxygen atoms in total. The van der Waals surface area contributed by atoms with Gasteiger partial charge in [-0.1, -0.05) is 47.7 Å². The summed E-state index contributed by atoms with van der Waals surface area (Å²) in [6.45, 7) is 3.12. The van der Waals surface area contributed by atoms with Crippen LogP contribution in [0.15, 0.2) is 71.6 Å². The molecule has 2 aromatic carbocycles. The van der Waals surface area contributed by atoms with Crippen molar-refractivity contribution in [1.82, 2.24) is 34.5 Å². The lowest BCUT2D eigenvalue weighted by Gasteiger charge is -2.17. The third kappa shape index (κ3) is 4.49. The van der Waals surface area contributed by atoms with Crippen molar-refractivity contribution in [3.63, 3.8) is 0 Å². The highest BCUT2D eigenvalue weighted by atomic mass is 79.9. The largest absolute Gasteiger partial charge is 0.364 e. The van der Waals surface area contributed by atoms with E-state index < -0.39 is 0 Å². The first-order chi connectivity index (χ1) is 17.2. The first-order valence-corrected chi connectivity index (χ1v) is 12.5. The molecule has 1 aliphatic rings. The number of fused-ring (bicyclic) bond motifs is 1. The van der Waals surface area contributed by atoms with Crippen LogP contribution < -0.4 is 10.2 Å². The first-order valence-electron chi connectivity index (χ1n) is 11.7. The van der Waals surface area contributed by atoms with Gasteiger partial charge in [-0.2, -0.15) is 9.97 Å². The Morgan fingerprint density at radius 2 is 1.74 bits per heavy atom. The fourth-order valence-corrected chi connectivity index (χ4v) is 4.78. The van der Waals surface area contributed by atoms with Gasteiger partial charge in [-0.15, -0.1) is 5.10 Å². The van der Waals surface area contributed by atoms with Gasteiger partial charge in [-0.3, -0.25) is 0 Å². The number of aromatic nitrogens is 7. The molecule has 0 radical (unpaired) electrons. The van der Waals surface area contributed by atoms with Crippen LogP contribution in [0.3, 0.4) is 0 Å². The van der Waals surface area contributed by atoms with Gasteiger partial charge in [0.15, 0.2) is 17.0 Å². The third-order valence-corrected chi connectivity index (χ3v) is 6.79. The normalized spacial score (nSPS) is 13.6. The van der Waals surface area contributed by atoms with Crippen LogP contribution >= 0.6 is 15.9 Å². The minimum absolute atomic E-state index is 0.509. The molecular weight excluding hydrogens is 506 g/mol. The van der Waals surface area contributed by atoms with Crippen LogP contribution in [-0.2, 0) is 13.1 Å². The standard InChI is InChI=1S/C25H24BrN9/c26-20-10-4-5-11-21(20)35-16-19(31-32-35)15-34-17-28-22-23(27-14-18-8-2-1-3-9-18)29-25(30-24(22)34)33-12-6-7-13-33/h1-5,8-11,16-17H,6-7,12-15H2,(H,27,29,30). The number of anilines is 2. The Morgan fingerprint density at radius 3 is 2.57 bits per heavy atom. The van der Waals surface area contributed by atoms with Crippen LogP contribution in [0.2, 0.25) is 0 Å². The summed E-state index contributed by atoms with van der Waals surface area (Å²) in [5, 5.41) is 12.2. The summed E-state index contributed by atoms with van der Waals surface area (Å²) in [6, 6.07) is 18.2. The van der Waals surface area contributed by atoms with Gasteiger partial charge in [0, 0.05) is 24.1 Å². The number of para-hydroxylation sites is 1. The molecule has 5 aromatic rings. The van der Waals surface area contributed by atoms with E-state index in [1.54, 1.807) is 11.0 Å². The summed E-state index contributed by atoms with van der Waals surface area (Å²) >= 11 is 3.58. The summed E-state index contributed by atoms with van der Waals surface area (Å²) in [4.78, 5) is 16.7. The predicted octanol–water partition coefficient (Wildman–Crippen LogP) is 4.43. The van der Waals surface area contributed by atoms with E-state index in [0.717, 1.165) is 64.7 Å². The Labute approximate surface area is 211 Å². The summed E-state index contributed by atoms with van der Waals surface area (Å²) in [5.41, 5.74) is 4.48. The highest BCUT2D eigenvalue weighted by molar-refractivity contribution is 9.10. The maximum absolute atomic E-state index is 4.92. The van der Waals surface area contributed by atoms with Crippen molar-refractivity contribution in [2.24, 2.45) is 0 Å². The van der Waals surface area contributed by atoms with Crippen LogP contribution in [0.4, 0.5) is 11.8 Å². The van der Waals surface area contributed by atoms with Crippen molar-refractivity contribution < 1.29 is 0 Å². The van der Waals surface area contributed by atoms with Crippen LogP contribution in [0.1, 0.15) is 24.1 Å². The summed E-state index contributed by atoms with van der Waals surface area (Å²) < 4.78 is 4.75. The van der Waals surface area contributed by atoms with Crippen molar-refractivity contribution in [2.45, 2.75) is 25.9 Å². The van der Waals surface area contributed by atoms with Gasteiger partial charge < -0.3 is 14.8 Å². The molecule has 1 aliphatic heterocycles. The number of hydrogen-bond donors (Lipinski definition) is 1. The molecule has 10 heteroatoms. The SMILES string of the molecule is Brc1ccccc1-n1cc(Cn2cnc3c(NCc4ccccc4)nc(N4CCCC4)nc32)nn1. The Morgan fingerprint density at radius 1 is 0.943 bits per heavy atom. The molecule has 1 saturated heterocycles. The van der Waals surface area contributed by atoms with E-state index in [2.05, 4.69) is 53.6 Å². The number of benzene rings is 2. The van der Waals surface area contributed by atoms with E-state index in [1.807, 2.05) is 53.2 Å². The van der Waals surface area contributed by atoms with E-state index in [0.29, 0.717) is 13.1 Å². The van der Waals surface area contributed by atoms with Gasteiger partial charge in [0.25, 0.3) is 0 Å². The zero-order valence-electron chi connectivity index (χ0n) is 19.0. The lowest BCUT2D eigenvalue weighted by Crippen LogP contribution is -2.21. The fraction of sp³-hybridized carbons (Fsp3) is 0.240. The van der Waals surface area contributed by atoms with E-state index in [4.69, 9.17) is 9.97 Å². The van der Waals surface area contributed by atoms with Gasteiger partial charge in [0.1, 0.15) is 5.69 Å². The Hall–Kier alpha value is -3.79. The minimum atomic E-state index is 0.509. The number of imidazole rings is 1. The Balaban J connectivity index is 1.33. The lowest BCUT2D eigenvalue weighted by atomic mass is 10.2. The molecule has 176 valence electrons. The van der Waals surface area contributed by atoms with Crippen molar-refractivity contribution >= 4 is 38.9 Å². The minimum Gasteiger partial charge on any atom is -0.364 e. The number of hydrogen-bond acceptors (Lipinski definition) is 7. The fourth-order valence-electron chi connectivity index (χ4n) is 4.31. The second kappa shape index (κ2) is 9.46. The van der Waals surface area contributed by atoms with Gasteiger partial charge in [-0.05, 0) is 46.5 Å². The van der Waals surface area contributed by atoms with Crippen LogP contribution in [0.5, 0.6) is 0 Å². The molecule has 0 spiro atoms. The van der Waals surface area contributed by atoms with Crippen LogP contribution in [0, 0.1) is 0 Å². The highest BCUT2D eigenvalue weighted by Gasteiger charge is 2.20. The highest BCUT2D eigenvalue weighted by Crippen LogP contribution is 2.26. The Bertz CT molecular complexity index is 1450. The van der Waals surface area contributed by atoms with Crippen molar-refractivity contribution in [1.29, 1.82) is 0 Å². The molecular formula is C25H24BrN9. The number of halogens is 1. The van der Waals surface area contributed by atoms with Crippen molar-refractivity contribution in [3.8, 4) is 5.69 Å². The average molecular weight is 530 g/mol. The molecule has 6 rings (SSSR count). The van der Waals surface area contributed by atoms with Gasteiger partial charge >= 0.3 is 0 Å².